The van der Waals surface area contributed by atoms with E-state index in [1.54, 1.807) is 4.68 Å². The first-order valence-corrected chi connectivity index (χ1v) is 7.56. The summed E-state index contributed by atoms with van der Waals surface area (Å²) >= 11 is 5.50. The van der Waals surface area contributed by atoms with E-state index in [4.69, 9.17) is 21.7 Å². The van der Waals surface area contributed by atoms with Gasteiger partial charge in [0, 0.05) is 19.0 Å². The van der Waals surface area contributed by atoms with Crippen molar-refractivity contribution >= 4 is 18.0 Å². The first kappa shape index (κ1) is 13.8. The number of rotatable bonds is 2. The minimum Gasteiger partial charge on any atom is -0.343 e. The lowest BCUT2D eigenvalue weighted by Gasteiger charge is -2.26. The molecule has 2 bridgehead atoms. The summed E-state index contributed by atoms with van der Waals surface area (Å²) in [7, 11) is 1.88. The summed E-state index contributed by atoms with van der Waals surface area (Å²) in [6, 6.07) is 9.64. The van der Waals surface area contributed by atoms with Gasteiger partial charge in [-0.05, 0) is 12.2 Å². The molecule has 114 valence electrons. The van der Waals surface area contributed by atoms with Gasteiger partial charge in [-0.2, -0.15) is 5.10 Å². The van der Waals surface area contributed by atoms with Crippen LogP contribution in [0, 0.1) is 4.77 Å². The normalized spacial score (nSPS) is 27.3. The van der Waals surface area contributed by atoms with Crippen LogP contribution in [0.2, 0.25) is 0 Å². The highest BCUT2D eigenvalue weighted by atomic mass is 32.1. The first-order chi connectivity index (χ1) is 10.6. The Balaban J connectivity index is 1.77. The van der Waals surface area contributed by atoms with Gasteiger partial charge >= 0.3 is 0 Å². The monoisotopic (exact) mass is 317 g/mol. The molecule has 2 fully saturated rings. The van der Waals surface area contributed by atoms with Crippen molar-refractivity contribution in [2.24, 2.45) is 7.05 Å². The number of ketones is 1. The highest BCUT2D eigenvalue weighted by Crippen LogP contribution is 2.33. The van der Waals surface area contributed by atoms with Crippen molar-refractivity contribution in [3.8, 4) is 11.4 Å². The second kappa shape index (κ2) is 5.12. The molecule has 2 aliphatic rings. The van der Waals surface area contributed by atoms with Gasteiger partial charge in [-0.1, -0.05) is 30.3 Å². The van der Waals surface area contributed by atoms with Crippen LogP contribution in [0.5, 0.6) is 0 Å². The van der Waals surface area contributed by atoms with Crippen LogP contribution in [0.25, 0.3) is 11.4 Å². The summed E-state index contributed by atoms with van der Waals surface area (Å²) in [5.41, 5.74) is 0.985. The molecular formula is C15H15N3O3S. The van der Waals surface area contributed by atoms with Crippen molar-refractivity contribution < 1.29 is 14.3 Å². The quantitative estimate of drug-likeness (QED) is 0.792. The molecule has 0 spiro atoms. The second-order valence-corrected chi connectivity index (χ2v) is 5.92. The van der Waals surface area contributed by atoms with Gasteiger partial charge in [0.05, 0.1) is 12.6 Å². The molecule has 0 aliphatic carbocycles. The summed E-state index contributed by atoms with van der Waals surface area (Å²) in [6.45, 7) is 0.403. The Hall–Kier alpha value is -1.83. The lowest BCUT2D eigenvalue weighted by atomic mass is 10.0. The number of carbonyl (C=O) groups is 1. The minimum atomic E-state index is -0.701. The van der Waals surface area contributed by atoms with Gasteiger partial charge in [-0.25, -0.2) is 4.68 Å². The number of hydrogen-bond acceptors (Lipinski definition) is 5. The van der Waals surface area contributed by atoms with Crippen LogP contribution in [0.4, 0.5) is 0 Å². The van der Waals surface area contributed by atoms with E-state index in [1.807, 2.05) is 41.9 Å². The number of ether oxygens (including phenoxy) is 2. The molecule has 1 aromatic heterocycles. The molecule has 0 amide bonds. The average molecular weight is 317 g/mol. The van der Waals surface area contributed by atoms with E-state index in [-0.39, 0.29) is 17.9 Å². The standard InChI is InChI=1S/C15H15N3O3S/c1-17-13(9-5-3-2-4-6-9)16-18(15(17)22)10-7-11(19)14-20-8-12(10)21-14/h2-6,10,12,14H,7-8H2,1H3/t10-,12-,14-/m0/s1. The van der Waals surface area contributed by atoms with E-state index in [2.05, 4.69) is 5.10 Å². The summed E-state index contributed by atoms with van der Waals surface area (Å²) in [5.74, 6) is 0.728. The van der Waals surface area contributed by atoms with E-state index >= 15 is 0 Å². The molecule has 22 heavy (non-hydrogen) atoms. The number of nitrogens with zero attached hydrogens (tertiary/aromatic N) is 3. The molecule has 3 atom stereocenters. The Morgan fingerprint density at radius 3 is 2.86 bits per heavy atom. The van der Waals surface area contributed by atoms with E-state index in [9.17, 15) is 4.79 Å². The number of Topliss-reactive ketones (excluding diaryl/α,β-unsaturated/α-hetero) is 1. The minimum absolute atomic E-state index is 0.0486. The molecule has 0 N–H and O–H groups in total. The predicted octanol–water partition coefficient (Wildman–Crippen LogP) is 1.87. The Kier molecular flexibility index (Phi) is 3.21. The van der Waals surface area contributed by atoms with Crippen LogP contribution < -0.4 is 0 Å². The van der Waals surface area contributed by atoms with Crippen molar-refractivity contribution in [1.82, 2.24) is 14.3 Å². The van der Waals surface area contributed by atoms with Gasteiger partial charge in [-0.15, -0.1) is 0 Å². The molecule has 7 heteroatoms. The van der Waals surface area contributed by atoms with Crippen LogP contribution in [0.1, 0.15) is 12.5 Å². The van der Waals surface area contributed by atoms with E-state index in [1.165, 1.54) is 0 Å². The van der Waals surface area contributed by atoms with E-state index in [0.29, 0.717) is 17.8 Å². The third kappa shape index (κ3) is 2.05. The van der Waals surface area contributed by atoms with Crippen LogP contribution >= 0.6 is 12.2 Å². The van der Waals surface area contributed by atoms with Crippen LogP contribution in [-0.2, 0) is 21.3 Å². The summed E-state index contributed by atoms with van der Waals surface area (Å²) in [4.78, 5) is 12.0. The fourth-order valence-electron chi connectivity index (χ4n) is 2.98. The van der Waals surface area contributed by atoms with Crippen molar-refractivity contribution in [3.05, 3.63) is 35.1 Å². The van der Waals surface area contributed by atoms with Gasteiger partial charge in [0.15, 0.2) is 16.4 Å². The van der Waals surface area contributed by atoms with Gasteiger partial charge in [0.2, 0.25) is 6.29 Å². The Bertz CT molecular complexity index is 783. The largest absolute Gasteiger partial charge is 0.343 e. The van der Waals surface area contributed by atoms with Gasteiger partial charge in [0.25, 0.3) is 0 Å². The zero-order valence-corrected chi connectivity index (χ0v) is 12.8. The molecule has 2 aromatic rings. The molecule has 2 aliphatic heterocycles. The predicted molar refractivity (Wildman–Crippen MR) is 80.7 cm³/mol. The van der Waals surface area contributed by atoms with Crippen LogP contribution in [-0.4, -0.2) is 39.1 Å². The summed E-state index contributed by atoms with van der Waals surface area (Å²) in [6.07, 6.45) is -0.532. The Labute approximate surface area is 132 Å². The Morgan fingerprint density at radius 1 is 1.32 bits per heavy atom. The average Bonchev–Trinajstić information content (AvgIpc) is 3.09. The zero-order chi connectivity index (χ0) is 15.3. The van der Waals surface area contributed by atoms with Crippen molar-refractivity contribution in [3.63, 3.8) is 0 Å². The number of hydrogen-bond donors (Lipinski definition) is 0. The molecule has 3 heterocycles. The van der Waals surface area contributed by atoms with Crippen LogP contribution in [0.15, 0.2) is 30.3 Å². The topological polar surface area (TPSA) is 58.3 Å². The SMILES string of the molecule is Cn1c(-c2ccccc2)nn([C@H]2CC(=O)[C@H]3OC[C@@H]2O3)c1=S. The Morgan fingerprint density at radius 2 is 2.09 bits per heavy atom. The highest BCUT2D eigenvalue weighted by Gasteiger charge is 2.45. The molecule has 6 nitrogen and oxygen atoms in total. The fraction of sp³-hybridized carbons (Fsp3) is 0.400. The van der Waals surface area contributed by atoms with Crippen LogP contribution in [0.3, 0.4) is 0 Å². The van der Waals surface area contributed by atoms with Gasteiger partial charge in [-0.3, -0.25) is 4.79 Å². The number of aromatic nitrogens is 3. The first-order valence-electron chi connectivity index (χ1n) is 7.16. The lowest BCUT2D eigenvalue weighted by molar-refractivity contribution is -0.156. The molecule has 0 unspecified atom stereocenters. The number of benzene rings is 1. The smallest absolute Gasteiger partial charge is 0.218 e. The molecule has 2 saturated heterocycles. The number of carbonyl (C=O) groups excluding carboxylic acids is 1. The summed E-state index contributed by atoms with van der Waals surface area (Å²) in [5, 5.41) is 4.64. The fourth-order valence-corrected chi connectivity index (χ4v) is 3.24. The maximum Gasteiger partial charge on any atom is 0.218 e. The van der Waals surface area contributed by atoms with E-state index < -0.39 is 6.29 Å². The molecule has 0 saturated carbocycles. The van der Waals surface area contributed by atoms with Gasteiger partial charge in [0.1, 0.15) is 6.10 Å². The van der Waals surface area contributed by atoms with Crippen molar-refractivity contribution in [2.45, 2.75) is 24.9 Å². The number of fused-ring (bicyclic) bond motifs is 2. The maximum absolute atomic E-state index is 12.0. The highest BCUT2D eigenvalue weighted by molar-refractivity contribution is 7.71. The van der Waals surface area contributed by atoms with Crippen molar-refractivity contribution in [1.29, 1.82) is 0 Å². The van der Waals surface area contributed by atoms with Gasteiger partial charge < -0.3 is 14.0 Å². The third-order valence-corrected chi connectivity index (χ3v) is 4.62. The maximum atomic E-state index is 12.0. The van der Waals surface area contributed by atoms with Crippen molar-refractivity contribution in [2.75, 3.05) is 6.61 Å². The molecular weight excluding hydrogens is 302 g/mol. The lowest BCUT2D eigenvalue weighted by Crippen LogP contribution is -2.37. The molecule has 1 aromatic carbocycles. The molecule has 4 rings (SSSR count). The third-order valence-electron chi connectivity index (χ3n) is 4.16. The summed E-state index contributed by atoms with van der Waals surface area (Å²) < 4.78 is 15.1. The zero-order valence-electron chi connectivity index (χ0n) is 12.0. The molecule has 0 radical (unpaired) electrons. The second-order valence-electron chi connectivity index (χ2n) is 5.55. The van der Waals surface area contributed by atoms with E-state index in [0.717, 1.165) is 11.4 Å².